The fourth-order valence-electron chi connectivity index (χ4n) is 3.46. The number of nitrogens with zero attached hydrogens (tertiary/aromatic N) is 4. The Morgan fingerprint density at radius 3 is 2.86 bits per heavy atom. The number of imidazole rings is 1. The summed E-state index contributed by atoms with van der Waals surface area (Å²) in [5.74, 6) is 0.302. The minimum Gasteiger partial charge on any atom is -0.337 e. The van der Waals surface area contributed by atoms with Crippen LogP contribution in [0, 0.1) is 0 Å². The molecule has 5 nitrogen and oxygen atoms in total. The molecule has 1 saturated heterocycles. The fraction of sp³-hybridized carbons (Fsp3) is 0.750. The topological polar surface area (TPSA) is 41.4 Å². The van der Waals surface area contributed by atoms with Crippen molar-refractivity contribution in [2.45, 2.75) is 58.2 Å². The molecule has 116 valence electrons. The maximum absolute atomic E-state index is 12.5. The second-order valence-corrected chi connectivity index (χ2v) is 6.38. The zero-order valence-corrected chi connectivity index (χ0v) is 13.0. The first-order valence-electron chi connectivity index (χ1n) is 8.25. The van der Waals surface area contributed by atoms with Gasteiger partial charge in [-0.15, -0.1) is 0 Å². The molecule has 1 aromatic heterocycles. The van der Waals surface area contributed by atoms with E-state index in [1.807, 2.05) is 17.4 Å². The third kappa shape index (κ3) is 3.46. The van der Waals surface area contributed by atoms with Crippen molar-refractivity contribution in [3.05, 3.63) is 18.2 Å². The minimum absolute atomic E-state index is 0.302. The molecule has 0 saturated carbocycles. The van der Waals surface area contributed by atoms with E-state index < -0.39 is 0 Å². The summed E-state index contributed by atoms with van der Waals surface area (Å²) < 4.78 is 2.17. The van der Waals surface area contributed by atoms with E-state index in [-0.39, 0.29) is 0 Å². The average molecular weight is 290 g/mol. The highest BCUT2D eigenvalue weighted by atomic mass is 16.2. The SMILES string of the molecule is C[C@H](CCC(=O)N1CCCn2cncc2C1)N1CCCC1. The van der Waals surface area contributed by atoms with Gasteiger partial charge in [-0.25, -0.2) is 4.98 Å². The molecule has 2 aliphatic heterocycles. The zero-order chi connectivity index (χ0) is 14.7. The van der Waals surface area contributed by atoms with Crippen LogP contribution in [0.15, 0.2) is 12.5 Å². The predicted octanol–water partition coefficient (Wildman–Crippen LogP) is 1.88. The Balaban J connectivity index is 1.51. The van der Waals surface area contributed by atoms with Crippen molar-refractivity contribution < 1.29 is 4.79 Å². The lowest BCUT2D eigenvalue weighted by molar-refractivity contribution is -0.132. The molecule has 3 heterocycles. The van der Waals surface area contributed by atoms with Gasteiger partial charge >= 0.3 is 0 Å². The molecule has 0 N–H and O–H groups in total. The summed E-state index contributed by atoms with van der Waals surface area (Å²) >= 11 is 0. The van der Waals surface area contributed by atoms with Gasteiger partial charge in [0.15, 0.2) is 0 Å². The standard InChI is InChI=1S/C16H26N4O/c1-14(18-7-2-3-8-18)5-6-16(21)19-9-4-10-20-13-17-11-15(20)12-19/h11,13-14H,2-10,12H2,1H3/t14-/m1/s1. The van der Waals surface area contributed by atoms with Crippen LogP contribution in [0.2, 0.25) is 0 Å². The number of likely N-dealkylation sites (tertiary alicyclic amines) is 1. The third-order valence-corrected chi connectivity index (χ3v) is 4.87. The number of hydrogen-bond acceptors (Lipinski definition) is 3. The lowest BCUT2D eigenvalue weighted by Crippen LogP contribution is -2.34. The molecule has 3 rings (SSSR count). The second-order valence-electron chi connectivity index (χ2n) is 6.38. The van der Waals surface area contributed by atoms with Gasteiger partial charge in [0, 0.05) is 31.7 Å². The van der Waals surface area contributed by atoms with E-state index >= 15 is 0 Å². The highest BCUT2D eigenvalue weighted by Gasteiger charge is 2.22. The maximum Gasteiger partial charge on any atom is 0.222 e. The van der Waals surface area contributed by atoms with E-state index in [1.54, 1.807) is 0 Å². The van der Waals surface area contributed by atoms with Crippen molar-refractivity contribution in [2.75, 3.05) is 19.6 Å². The van der Waals surface area contributed by atoms with Gasteiger partial charge in [-0.05, 0) is 45.7 Å². The monoisotopic (exact) mass is 290 g/mol. The van der Waals surface area contributed by atoms with E-state index in [9.17, 15) is 4.79 Å². The van der Waals surface area contributed by atoms with Crippen molar-refractivity contribution >= 4 is 5.91 Å². The molecule has 21 heavy (non-hydrogen) atoms. The minimum atomic E-state index is 0.302. The van der Waals surface area contributed by atoms with E-state index in [0.717, 1.165) is 38.2 Å². The predicted molar refractivity (Wildman–Crippen MR) is 81.8 cm³/mol. The Bertz CT molecular complexity index is 478. The molecule has 2 aliphatic rings. The van der Waals surface area contributed by atoms with Crippen molar-refractivity contribution in [3.8, 4) is 0 Å². The zero-order valence-electron chi connectivity index (χ0n) is 13.0. The summed E-state index contributed by atoms with van der Waals surface area (Å²) in [5.41, 5.74) is 1.16. The Labute approximate surface area is 126 Å². The molecule has 1 aromatic rings. The number of carbonyl (C=O) groups excluding carboxylic acids is 1. The Morgan fingerprint density at radius 1 is 1.24 bits per heavy atom. The van der Waals surface area contributed by atoms with Crippen LogP contribution in [0.25, 0.3) is 0 Å². The number of hydrogen-bond donors (Lipinski definition) is 0. The van der Waals surface area contributed by atoms with Gasteiger partial charge in [-0.2, -0.15) is 0 Å². The number of aromatic nitrogens is 2. The van der Waals surface area contributed by atoms with E-state index in [4.69, 9.17) is 0 Å². The van der Waals surface area contributed by atoms with Crippen LogP contribution in [-0.2, 0) is 17.9 Å². The van der Waals surface area contributed by atoms with Gasteiger partial charge in [0.2, 0.25) is 5.91 Å². The molecule has 1 amide bonds. The molecule has 0 bridgehead atoms. The van der Waals surface area contributed by atoms with Crippen molar-refractivity contribution in [1.82, 2.24) is 19.4 Å². The lowest BCUT2D eigenvalue weighted by Gasteiger charge is -2.25. The van der Waals surface area contributed by atoms with Gasteiger partial charge in [0.1, 0.15) is 0 Å². The maximum atomic E-state index is 12.5. The Hall–Kier alpha value is -1.36. The van der Waals surface area contributed by atoms with Crippen LogP contribution in [0.1, 0.15) is 44.7 Å². The summed E-state index contributed by atoms with van der Waals surface area (Å²) in [7, 11) is 0. The van der Waals surface area contributed by atoms with E-state index in [1.165, 1.54) is 25.9 Å². The summed E-state index contributed by atoms with van der Waals surface area (Å²) in [6.45, 7) is 7.24. The molecule has 5 heteroatoms. The molecule has 0 unspecified atom stereocenters. The van der Waals surface area contributed by atoms with Crippen molar-refractivity contribution in [2.24, 2.45) is 0 Å². The number of amides is 1. The van der Waals surface area contributed by atoms with Gasteiger partial charge in [0.05, 0.1) is 18.6 Å². The summed E-state index contributed by atoms with van der Waals surface area (Å²) in [5, 5.41) is 0. The molecular weight excluding hydrogens is 264 g/mol. The van der Waals surface area contributed by atoms with E-state index in [2.05, 4.69) is 21.4 Å². The van der Waals surface area contributed by atoms with Crippen LogP contribution in [-0.4, -0.2) is 50.9 Å². The Kier molecular flexibility index (Phi) is 4.58. The van der Waals surface area contributed by atoms with Crippen LogP contribution in [0.5, 0.6) is 0 Å². The number of aryl methyl sites for hydroxylation is 1. The largest absolute Gasteiger partial charge is 0.337 e. The summed E-state index contributed by atoms with van der Waals surface area (Å²) in [6.07, 6.45) is 9.07. The number of carbonyl (C=O) groups is 1. The van der Waals surface area contributed by atoms with Crippen molar-refractivity contribution in [1.29, 1.82) is 0 Å². The van der Waals surface area contributed by atoms with Crippen LogP contribution < -0.4 is 0 Å². The summed E-state index contributed by atoms with van der Waals surface area (Å²) in [4.78, 5) is 21.2. The molecule has 1 atom stereocenters. The molecule has 0 aromatic carbocycles. The quantitative estimate of drug-likeness (QED) is 0.850. The normalized spacial score (nSPS) is 21.1. The number of rotatable bonds is 4. The van der Waals surface area contributed by atoms with Gasteiger partial charge in [-0.3, -0.25) is 4.79 Å². The Morgan fingerprint density at radius 2 is 2.05 bits per heavy atom. The van der Waals surface area contributed by atoms with Crippen molar-refractivity contribution in [3.63, 3.8) is 0 Å². The van der Waals surface area contributed by atoms with Crippen LogP contribution in [0.4, 0.5) is 0 Å². The molecular formula is C16H26N4O. The van der Waals surface area contributed by atoms with Crippen LogP contribution in [0.3, 0.4) is 0 Å². The first-order chi connectivity index (χ1) is 10.2. The van der Waals surface area contributed by atoms with E-state index in [0.29, 0.717) is 18.4 Å². The summed E-state index contributed by atoms with van der Waals surface area (Å²) in [6, 6.07) is 0.536. The second kappa shape index (κ2) is 6.60. The van der Waals surface area contributed by atoms with Crippen LogP contribution >= 0.6 is 0 Å². The molecule has 0 aliphatic carbocycles. The van der Waals surface area contributed by atoms with Gasteiger partial charge < -0.3 is 14.4 Å². The fourth-order valence-corrected chi connectivity index (χ4v) is 3.46. The number of fused-ring (bicyclic) bond motifs is 1. The van der Waals surface area contributed by atoms with Gasteiger partial charge in [-0.1, -0.05) is 0 Å². The smallest absolute Gasteiger partial charge is 0.222 e. The lowest BCUT2D eigenvalue weighted by atomic mass is 10.1. The highest BCUT2D eigenvalue weighted by molar-refractivity contribution is 5.76. The molecule has 1 fully saturated rings. The van der Waals surface area contributed by atoms with Gasteiger partial charge in [0.25, 0.3) is 0 Å². The highest BCUT2D eigenvalue weighted by Crippen LogP contribution is 2.17. The third-order valence-electron chi connectivity index (χ3n) is 4.87. The first kappa shape index (κ1) is 14.6. The molecule has 0 spiro atoms. The average Bonchev–Trinajstić information content (AvgIpc) is 3.13. The first-order valence-corrected chi connectivity index (χ1v) is 8.25. The molecule has 0 radical (unpaired) electrons.